The Balaban J connectivity index is 1.78. The number of hydrogen-bond donors (Lipinski definition) is 0. The fourth-order valence-electron chi connectivity index (χ4n) is 2.22. The van der Waals surface area contributed by atoms with Crippen LogP contribution in [-0.4, -0.2) is 5.78 Å². The third-order valence-electron chi connectivity index (χ3n) is 3.33. The third-order valence-corrected chi connectivity index (χ3v) is 3.94. The lowest BCUT2D eigenvalue weighted by molar-refractivity contribution is 0.103. The van der Waals surface area contributed by atoms with Gasteiger partial charge in [-0.15, -0.1) is 0 Å². The Hall–Kier alpha value is -2.13. The number of benzene rings is 2. The highest BCUT2D eigenvalue weighted by Gasteiger charge is 2.14. The van der Waals surface area contributed by atoms with Crippen molar-refractivity contribution in [1.29, 1.82) is 0 Å². The normalized spacial score (nSPS) is 10.5. The van der Waals surface area contributed by atoms with Crippen molar-refractivity contribution < 1.29 is 9.21 Å². The second-order valence-corrected chi connectivity index (χ2v) is 5.52. The number of rotatable bonds is 4. The minimum absolute atomic E-state index is 0.0399. The Morgan fingerprint density at radius 2 is 1.57 bits per heavy atom. The zero-order valence-corrected chi connectivity index (χ0v) is 12.8. The van der Waals surface area contributed by atoms with E-state index in [1.807, 2.05) is 42.5 Å². The lowest BCUT2D eigenvalue weighted by Gasteiger charge is -2.04. The van der Waals surface area contributed by atoms with Crippen LogP contribution >= 0.6 is 15.9 Å². The van der Waals surface area contributed by atoms with E-state index in [1.54, 1.807) is 6.07 Å². The van der Waals surface area contributed by atoms with Gasteiger partial charge in [-0.2, -0.15) is 0 Å². The molecular formula is C18H13BrO2. The maximum absolute atomic E-state index is 12.3. The summed E-state index contributed by atoms with van der Waals surface area (Å²) in [6.07, 6.45) is 2.37. The van der Waals surface area contributed by atoms with Gasteiger partial charge in [-0.3, -0.25) is 4.79 Å². The number of carbonyl (C=O) groups is 1. The predicted octanol–water partition coefficient (Wildman–Crippen LogP) is 4.86. The summed E-state index contributed by atoms with van der Waals surface area (Å²) in [7, 11) is 0. The highest BCUT2D eigenvalue weighted by atomic mass is 79.9. The van der Waals surface area contributed by atoms with E-state index < -0.39 is 0 Å². The monoisotopic (exact) mass is 340 g/mol. The van der Waals surface area contributed by atoms with Gasteiger partial charge in [-0.25, -0.2) is 0 Å². The predicted molar refractivity (Wildman–Crippen MR) is 85.5 cm³/mol. The van der Waals surface area contributed by atoms with Crippen molar-refractivity contribution in [3.05, 3.63) is 93.9 Å². The molecule has 0 aliphatic rings. The molecule has 3 heteroatoms. The van der Waals surface area contributed by atoms with E-state index in [1.165, 1.54) is 17.4 Å². The lowest BCUT2D eigenvalue weighted by atomic mass is 10.0. The zero-order valence-electron chi connectivity index (χ0n) is 11.3. The SMILES string of the molecule is O=C(c1ccc(Cc2ccccc2)cc1)c1ccoc1Br. The smallest absolute Gasteiger partial charge is 0.197 e. The Morgan fingerprint density at radius 1 is 0.905 bits per heavy atom. The van der Waals surface area contributed by atoms with Crippen LogP contribution < -0.4 is 0 Å². The Morgan fingerprint density at radius 3 is 2.19 bits per heavy atom. The molecule has 2 aromatic carbocycles. The number of furan rings is 1. The molecule has 0 saturated carbocycles. The molecule has 0 saturated heterocycles. The molecular weight excluding hydrogens is 328 g/mol. The van der Waals surface area contributed by atoms with Crippen LogP contribution in [0.1, 0.15) is 27.0 Å². The van der Waals surface area contributed by atoms with E-state index in [4.69, 9.17) is 4.42 Å². The van der Waals surface area contributed by atoms with Crippen LogP contribution in [0.3, 0.4) is 0 Å². The summed E-state index contributed by atoms with van der Waals surface area (Å²) >= 11 is 3.24. The standard InChI is InChI=1S/C18H13BrO2/c19-18-16(10-11-21-18)17(20)15-8-6-14(7-9-15)12-13-4-2-1-3-5-13/h1-11H,12H2. The van der Waals surface area contributed by atoms with E-state index in [0.29, 0.717) is 15.8 Å². The summed E-state index contributed by atoms with van der Waals surface area (Å²) in [5.41, 5.74) is 3.65. The summed E-state index contributed by atoms with van der Waals surface area (Å²) in [6.45, 7) is 0. The zero-order chi connectivity index (χ0) is 14.7. The minimum Gasteiger partial charge on any atom is -0.457 e. The van der Waals surface area contributed by atoms with Gasteiger partial charge in [0.2, 0.25) is 0 Å². The highest BCUT2D eigenvalue weighted by Crippen LogP contribution is 2.21. The van der Waals surface area contributed by atoms with Gasteiger partial charge in [0, 0.05) is 5.56 Å². The summed E-state index contributed by atoms with van der Waals surface area (Å²) < 4.78 is 5.58. The summed E-state index contributed by atoms with van der Waals surface area (Å²) in [4.78, 5) is 12.3. The molecule has 0 bridgehead atoms. The van der Waals surface area contributed by atoms with Gasteiger partial charge in [0.15, 0.2) is 10.5 Å². The first-order valence-electron chi connectivity index (χ1n) is 6.64. The maximum atomic E-state index is 12.3. The van der Waals surface area contributed by atoms with Gasteiger partial charge < -0.3 is 4.42 Å². The molecule has 0 spiro atoms. The van der Waals surface area contributed by atoms with Gasteiger partial charge in [0.05, 0.1) is 11.8 Å². The molecule has 2 nitrogen and oxygen atoms in total. The number of halogens is 1. The van der Waals surface area contributed by atoms with Crippen LogP contribution in [0.5, 0.6) is 0 Å². The Bertz CT molecular complexity index is 742. The molecule has 0 aliphatic carbocycles. The topological polar surface area (TPSA) is 30.2 Å². The molecule has 0 fully saturated rings. The van der Waals surface area contributed by atoms with Crippen molar-refractivity contribution in [3.8, 4) is 0 Å². The molecule has 3 rings (SSSR count). The van der Waals surface area contributed by atoms with Crippen molar-refractivity contribution >= 4 is 21.7 Å². The number of hydrogen-bond acceptors (Lipinski definition) is 2. The largest absolute Gasteiger partial charge is 0.457 e. The fraction of sp³-hybridized carbons (Fsp3) is 0.0556. The summed E-state index contributed by atoms with van der Waals surface area (Å²) in [6, 6.07) is 19.7. The van der Waals surface area contributed by atoms with Crippen molar-refractivity contribution in [1.82, 2.24) is 0 Å². The average Bonchev–Trinajstić information content (AvgIpc) is 2.94. The molecule has 0 unspecified atom stereocenters. The second kappa shape index (κ2) is 6.10. The van der Waals surface area contributed by atoms with Crippen LogP contribution in [0, 0.1) is 0 Å². The van der Waals surface area contributed by atoms with Crippen LogP contribution in [0.25, 0.3) is 0 Å². The number of ketones is 1. The quantitative estimate of drug-likeness (QED) is 0.634. The molecule has 3 aromatic rings. The third kappa shape index (κ3) is 3.14. The molecule has 0 radical (unpaired) electrons. The van der Waals surface area contributed by atoms with E-state index in [0.717, 1.165) is 6.42 Å². The van der Waals surface area contributed by atoms with Gasteiger partial charge in [-0.05, 0) is 39.5 Å². The second-order valence-electron chi connectivity index (χ2n) is 4.80. The fourth-order valence-corrected chi connectivity index (χ4v) is 2.64. The molecule has 104 valence electrons. The maximum Gasteiger partial charge on any atom is 0.197 e. The van der Waals surface area contributed by atoms with Crippen LogP contribution in [0.4, 0.5) is 0 Å². The highest BCUT2D eigenvalue weighted by molar-refractivity contribution is 9.10. The average molecular weight is 341 g/mol. The summed E-state index contributed by atoms with van der Waals surface area (Å²) in [5.74, 6) is -0.0399. The van der Waals surface area contributed by atoms with E-state index >= 15 is 0 Å². The molecule has 21 heavy (non-hydrogen) atoms. The lowest BCUT2D eigenvalue weighted by Crippen LogP contribution is -2.00. The van der Waals surface area contributed by atoms with E-state index in [9.17, 15) is 4.79 Å². The number of carbonyl (C=O) groups excluding carboxylic acids is 1. The van der Waals surface area contributed by atoms with Crippen molar-refractivity contribution in [3.63, 3.8) is 0 Å². The first-order valence-corrected chi connectivity index (χ1v) is 7.44. The van der Waals surface area contributed by atoms with Crippen LogP contribution in [-0.2, 0) is 6.42 Å². The van der Waals surface area contributed by atoms with Crippen LogP contribution in [0.2, 0.25) is 0 Å². The Labute approximate surface area is 131 Å². The molecule has 0 amide bonds. The van der Waals surface area contributed by atoms with Crippen molar-refractivity contribution in [2.24, 2.45) is 0 Å². The molecule has 1 aromatic heterocycles. The van der Waals surface area contributed by atoms with Crippen LogP contribution in [0.15, 0.2) is 76.0 Å². The van der Waals surface area contributed by atoms with Crippen molar-refractivity contribution in [2.45, 2.75) is 6.42 Å². The Kier molecular flexibility index (Phi) is 4.02. The van der Waals surface area contributed by atoms with Gasteiger partial charge in [0.25, 0.3) is 0 Å². The minimum atomic E-state index is -0.0399. The van der Waals surface area contributed by atoms with E-state index in [-0.39, 0.29) is 5.78 Å². The molecule has 0 N–H and O–H groups in total. The van der Waals surface area contributed by atoms with Gasteiger partial charge in [0.1, 0.15) is 0 Å². The molecule has 0 atom stereocenters. The molecule has 1 heterocycles. The molecule has 0 aliphatic heterocycles. The van der Waals surface area contributed by atoms with Gasteiger partial charge >= 0.3 is 0 Å². The van der Waals surface area contributed by atoms with Crippen molar-refractivity contribution in [2.75, 3.05) is 0 Å². The van der Waals surface area contributed by atoms with Gasteiger partial charge in [-0.1, -0.05) is 54.6 Å². The first kappa shape index (κ1) is 13.8. The first-order chi connectivity index (χ1) is 10.2. The summed E-state index contributed by atoms with van der Waals surface area (Å²) in [5, 5.41) is 0. The van der Waals surface area contributed by atoms with E-state index in [2.05, 4.69) is 28.1 Å².